The second-order valence-corrected chi connectivity index (χ2v) is 3.31. The van der Waals surface area contributed by atoms with E-state index in [1.807, 2.05) is 6.07 Å². The summed E-state index contributed by atoms with van der Waals surface area (Å²) in [5, 5.41) is 6.94. The first-order valence-electron chi connectivity index (χ1n) is 4.07. The van der Waals surface area contributed by atoms with Gasteiger partial charge in [0.05, 0.1) is 0 Å². The Labute approximate surface area is 66.0 Å². The van der Waals surface area contributed by atoms with Gasteiger partial charge in [-0.3, -0.25) is 5.10 Å². The average Bonchev–Trinajstić information content (AvgIpc) is 2.39. The average molecular weight is 151 g/mol. The van der Waals surface area contributed by atoms with Gasteiger partial charge < -0.3 is 5.73 Å². The van der Waals surface area contributed by atoms with Crippen LogP contribution < -0.4 is 5.73 Å². The van der Waals surface area contributed by atoms with Crippen molar-refractivity contribution < 1.29 is 0 Å². The zero-order valence-corrected chi connectivity index (χ0v) is 6.51. The quantitative estimate of drug-likeness (QED) is 0.656. The fourth-order valence-corrected chi connectivity index (χ4v) is 1.74. The first kappa shape index (κ1) is 6.85. The van der Waals surface area contributed by atoms with Crippen LogP contribution in [0.4, 0.5) is 0 Å². The van der Waals surface area contributed by atoms with Crippen LogP contribution in [-0.2, 0) is 5.41 Å². The molecule has 0 radical (unpaired) electrons. The molecule has 1 aromatic heterocycles. The molecule has 0 atom stereocenters. The van der Waals surface area contributed by atoms with Crippen molar-refractivity contribution in [2.24, 2.45) is 5.73 Å². The smallest absolute Gasteiger partial charge is 0.0490 e. The largest absolute Gasteiger partial charge is 0.330 e. The van der Waals surface area contributed by atoms with Crippen molar-refractivity contribution in [2.75, 3.05) is 6.54 Å². The highest BCUT2D eigenvalue weighted by Gasteiger charge is 2.38. The molecular weight excluding hydrogens is 138 g/mol. The van der Waals surface area contributed by atoms with Crippen LogP contribution in [0.3, 0.4) is 0 Å². The second-order valence-electron chi connectivity index (χ2n) is 3.31. The fourth-order valence-electron chi connectivity index (χ4n) is 1.74. The molecule has 0 amide bonds. The summed E-state index contributed by atoms with van der Waals surface area (Å²) < 4.78 is 0. The van der Waals surface area contributed by atoms with Gasteiger partial charge in [0, 0.05) is 23.9 Å². The van der Waals surface area contributed by atoms with Gasteiger partial charge in [-0.05, 0) is 18.9 Å². The number of hydrogen-bond acceptors (Lipinski definition) is 2. The first-order chi connectivity index (χ1) is 5.37. The molecule has 0 spiro atoms. The van der Waals surface area contributed by atoms with Gasteiger partial charge in [-0.2, -0.15) is 5.10 Å². The Bertz CT molecular complexity index is 218. The van der Waals surface area contributed by atoms with Gasteiger partial charge in [0.2, 0.25) is 0 Å². The van der Waals surface area contributed by atoms with E-state index in [4.69, 9.17) is 5.73 Å². The molecule has 1 aromatic rings. The Morgan fingerprint density at radius 2 is 2.45 bits per heavy atom. The number of aromatic amines is 1. The molecule has 1 saturated carbocycles. The third kappa shape index (κ3) is 0.878. The number of nitrogens with zero attached hydrogens (tertiary/aromatic N) is 1. The zero-order valence-electron chi connectivity index (χ0n) is 6.51. The van der Waals surface area contributed by atoms with Gasteiger partial charge in [-0.15, -0.1) is 0 Å². The van der Waals surface area contributed by atoms with Crippen molar-refractivity contribution in [3.05, 3.63) is 18.0 Å². The first-order valence-corrected chi connectivity index (χ1v) is 4.07. The van der Waals surface area contributed by atoms with Crippen LogP contribution in [0.5, 0.6) is 0 Å². The Hall–Kier alpha value is -0.830. The molecule has 1 heterocycles. The van der Waals surface area contributed by atoms with Crippen LogP contribution in [0.2, 0.25) is 0 Å². The van der Waals surface area contributed by atoms with Gasteiger partial charge in [-0.25, -0.2) is 0 Å². The summed E-state index contributed by atoms with van der Waals surface area (Å²) in [7, 11) is 0. The van der Waals surface area contributed by atoms with Gasteiger partial charge >= 0.3 is 0 Å². The van der Waals surface area contributed by atoms with Crippen molar-refractivity contribution in [1.82, 2.24) is 10.2 Å². The lowest BCUT2D eigenvalue weighted by atomic mass is 9.67. The normalized spacial score (nSPS) is 21.2. The summed E-state index contributed by atoms with van der Waals surface area (Å²) >= 11 is 0. The van der Waals surface area contributed by atoms with E-state index < -0.39 is 0 Å². The Morgan fingerprint density at radius 1 is 1.64 bits per heavy atom. The molecule has 11 heavy (non-hydrogen) atoms. The molecule has 0 aliphatic heterocycles. The molecule has 2 rings (SSSR count). The van der Waals surface area contributed by atoms with Gasteiger partial charge in [0.15, 0.2) is 0 Å². The molecule has 0 unspecified atom stereocenters. The zero-order chi connectivity index (χ0) is 7.73. The van der Waals surface area contributed by atoms with E-state index in [0.717, 1.165) is 6.54 Å². The van der Waals surface area contributed by atoms with Crippen LogP contribution in [0.1, 0.15) is 25.0 Å². The molecular formula is C8H13N3. The maximum absolute atomic E-state index is 5.71. The molecule has 0 bridgehead atoms. The van der Waals surface area contributed by atoms with Crippen molar-refractivity contribution >= 4 is 0 Å². The highest BCUT2D eigenvalue weighted by molar-refractivity contribution is 5.19. The van der Waals surface area contributed by atoms with Crippen molar-refractivity contribution in [3.8, 4) is 0 Å². The molecule has 60 valence electrons. The standard InChI is InChI=1S/C8H13N3/c9-6-8(3-1-4-8)7-2-5-10-11-7/h2,5H,1,3-4,6,9H2,(H,10,11). The minimum atomic E-state index is 0.247. The van der Waals surface area contributed by atoms with E-state index in [-0.39, 0.29) is 5.41 Å². The molecule has 0 aromatic carbocycles. The summed E-state index contributed by atoms with van der Waals surface area (Å²) in [6, 6.07) is 2.03. The van der Waals surface area contributed by atoms with E-state index in [9.17, 15) is 0 Å². The lowest BCUT2D eigenvalue weighted by molar-refractivity contribution is 0.245. The topological polar surface area (TPSA) is 54.7 Å². The Balaban J connectivity index is 2.25. The summed E-state index contributed by atoms with van der Waals surface area (Å²) in [6.45, 7) is 0.745. The Morgan fingerprint density at radius 3 is 2.82 bits per heavy atom. The van der Waals surface area contributed by atoms with Gasteiger partial charge in [-0.1, -0.05) is 6.42 Å². The van der Waals surface area contributed by atoms with Crippen LogP contribution in [0.15, 0.2) is 12.3 Å². The summed E-state index contributed by atoms with van der Waals surface area (Å²) in [5.41, 5.74) is 7.17. The minimum Gasteiger partial charge on any atom is -0.330 e. The molecule has 1 aliphatic carbocycles. The number of nitrogens with one attached hydrogen (secondary N) is 1. The molecule has 3 N–H and O–H groups in total. The van der Waals surface area contributed by atoms with Gasteiger partial charge in [0.1, 0.15) is 0 Å². The van der Waals surface area contributed by atoms with E-state index in [1.54, 1.807) is 6.20 Å². The number of rotatable bonds is 2. The summed E-state index contributed by atoms with van der Waals surface area (Å²) in [4.78, 5) is 0. The van der Waals surface area contributed by atoms with E-state index in [1.165, 1.54) is 25.0 Å². The highest BCUT2D eigenvalue weighted by Crippen LogP contribution is 2.41. The fraction of sp³-hybridized carbons (Fsp3) is 0.625. The number of nitrogens with two attached hydrogens (primary N) is 1. The predicted molar refractivity (Wildman–Crippen MR) is 43.2 cm³/mol. The van der Waals surface area contributed by atoms with Crippen LogP contribution in [0, 0.1) is 0 Å². The van der Waals surface area contributed by atoms with E-state index in [2.05, 4.69) is 10.2 Å². The van der Waals surface area contributed by atoms with Crippen molar-refractivity contribution in [1.29, 1.82) is 0 Å². The third-order valence-electron chi connectivity index (χ3n) is 2.77. The van der Waals surface area contributed by atoms with E-state index in [0.29, 0.717) is 0 Å². The lowest BCUT2D eigenvalue weighted by Gasteiger charge is -2.39. The molecule has 3 heteroatoms. The van der Waals surface area contributed by atoms with Crippen molar-refractivity contribution in [2.45, 2.75) is 24.7 Å². The monoisotopic (exact) mass is 151 g/mol. The van der Waals surface area contributed by atoms with Crippen LogP contribution in [0.25, 0.3) is 0 Å². The number of hydrogen-bond donors (Lipinski definition) is 2. The highest BCUT2D eigenvalue weighted by atomic mass is 15.1. The molecule has 1 aliphatic rings. The minimum absolute atomic E-state index is 0.247. The lowest BCUT2D eigenvalue weighted by Crippen LogP contribution is -2.41. The molecule has 1 fully saturated rings. The third-order valence-corrected chi connectivity index (χ3v) is 2.77. The van der Waals surface area contributed by atoms with Crippen LogP contribution >= 0.6 is 0 Å². The molecule has 3 nitrogen and oxygen atoms in total. The van der Waals surface area contributed by atoms with E-state index >= 15 is 0 Å². The molecule has 0 saturated heterocycles. The number of H-pyrrole nitrogens is 1. The summed E-state index contributed by atoms with van der Waals surface area (Å²) in [5.74, 6) is 0. The van der Waals surface area contributed by atoms with Crippen molar-refractivity contribution in [3.63, 3.8) is 0 Å². The maximum Gasteiger partial charge on any atom is 0.0490 e. The maximum atomic E-state index is 5.71. The van der Waals surface area contributed by atoms with Crippen LogP contribution in [-0.4, -0.2) is 16.7 Å². The number of aromatic nitrogens is 2. The summed E-state index contributed by atoms with van der Waals surface area (Å²) in [6.07, 6.45) is 5.53. The van der Waals surface area contributed by atoms with Gasteiger partial charge in [0.25, 0.3) is 0 Å². The second kappa shape index (κ2) is 2.34. The predicted octanol–water partition coefficient (Wildman–Crippen LogP) is 0.790. The Kier molecular flexibility index (Phi) is 1.46. The SMILES string of the molecule is NCC1(c2ccn[nH]2)CCC1.